The number of hydrogen-bond acceptors (Lipinski definition) is 3. The summed E-state index contributed by atoms with van der Waals surface area (Å²) in [5.74, 6) is 1.85. The van der Waals surface area contributed by atoms with Gasteiger partial charge in [0.15, 0.2) is 0 Å². The summed E-state index contributed by atoms with van der Waals surface area (Å²) >= 11 is 6.43. The molecule has 1 nitrogen and oxygen atoms in total. The van der Waals surface area contributed by atoms with Crippen molar-refractivity contribution in [1.29, 1.82) is 0 Å². The van der Waals surface area contributed by atoms with Crippen LogP contribution in [0.1, 0.15) is 33.1 Å². The Morgan fingerprint density at radius 1 is 1.38 bits per heavy atom. The van der Waals surface area contributed by atoms with Crippen molar-refractivity contribution in [1.82, 2.24) is 0 Å². The minimum Gasteiger partial charge on any atom is -0.330 e. The lowest BCUT2D eigenvalue weighted by Crippen LogP contribution is -2.16. The van der Waals surface area contributed by atoms with Gasteiger partial charge in [0.25, 0.3) is 0 Å². The lowest BCUT2D eigenvalue weighted by molar-refractivity contribution is 0.585. The first-order chi connectivity index (χ1) is 5.74. The van der Waals surface area contributed by atoms with Gasteiger partial charge in [-0.15, -0.1) is 24.2 Å². The molecule has 0 aliphatic heterocycles. The maximum Gasteiger partial charge on any atom is 0.0472 e. The summed E-state index contributed by atoms with van der Waals surface area (Å²) in [7, 11) is 0. The minimum absolute atomic E-state index is 0. The fourth-order valence-electron chi connectivity index (χ4n) is 0.930. The first-order valence-corrected chi connectivity index (χ1v) is 6.30. The topological polar surface area (TPSA) is 26.0 Å². The molecular weight excluding hydrogens is 222 g/mol. The van der Waals surface area contributed by atoms with Gasteiger partial charge >= 0.3 is 0 Å². The number of thioether (sulfide) groups is 1. The molecule has 4 heteroatoms. The van der Waals surface area contributed by atoms with Crippen molar-refractivity contribution >= 4 is 36.8 Å². The molecule has 2 N–H and O–H groups in total. The van der Waals surface area contributed by atoms with Crippen molar-refractivity contribution in [2.75, 3.05) is 12.3 Å². The molecule has 0 heterocycles. The Morgan fingerprint density at radius 3 is 2.38 bits per heavy atom. The quantitative estimate of drug-likeness (QED) is 0.531. The van der Waals surface area contributed by atoms with Crippen LogP contribution >= 0.6 is 36.8 Å². The van der Waals surface area contributed by atoms with Crippen LogP contribution in [0.2, 0.25) is 0 Å². The molecule has 0 saturated heterocycles. The average molecular weight is 244 g/mol. The molecule has 0 radical (unpaired) electrons. The molecule has 0 aliphatic carbocycles. The normalized spacial score (nSPS) is 14.8. The van der Waals surface area contributed by atoms with E-state index < -0.39 is 0 Å². The molecule has 0 fully saturated rings. The van der Waals surface area contributed by atoms with Gasteiger partial charge in [0.05, 0.1) is 0 Å². The maximum atomic E-state index is 5.61. The second kappa shape index (κ2) is 11.0. The molecule has 2 unspecified atom stereocenters. The standard InChI is InChI=1S/C9H21NS2.ClH/c1-3-5-9(11)12-7-8(4-2)6-10;/h8-9,11H,3-7,10H2,1-2H3;1H. The van der Waals surface area contributed by atoms with E-state index in [2.05, 4.69) is 26.5 Å². The van der Waals surface area contributed by atoms with E-state index in [1.165, 1.54) is 25.0 Å². The highest BCUT2D eigenvalue weighted by Crippen LogP contribution is 2.22. The van der Waals surface area contributed by atoms with E-state index in [0.717, 1.165) is 6.54 Å². The number of nitrogens with two attached hydrogens (primary N) is 1. The van der Waals surface area contributed by atoms with E-state index in [1.807, 2.05) is 11.8 Å². The van der Waals surface area contributed by atoms with Crippen LogP contribution < -0.4 is 5.73 Å². The highest BCUT2D eigenvalue weighted by atomic mass is 35.5. The lowest BCUT2D eigenvalue weighted by Gasteiger charge is -2.14. The lowest BCUT2D eigenvalue weighted by atomic mass is 10.1. The number of halogens is 1. The molecule has 13 heavy (non-hydrogen) atoms. The van der Waals surface area contributed by atoms with Crippen molar-refractivity contribution in [3.8, 4) is 0 Å². The molecule has 0 amide bonds. The van der Waals surface area contributed by atoms with Crippen LogP contribution in [0.4, 0.5) is 0 Å². The van der Waals surface area contributed by atoms with Crippen LogP contribution in [-0.4, -0.2) is 16.9 Å². The molecule has 82 valence electrons. The van der Waals surface area contributed by atoms with Crippen molar-refractivity contribution in [3.05, 3.63) is 0 Å². The van der Waals surface area contributed by atoms with E-state index in [9.17, 15) is 0 Å². The summed E-state index contributed by atoms with van der Waals surface area (Å²) in [6.45, 7) is 5.21. The van der Waals surface area contributed by atoms with Crippen molar-refractivity contribution in [2.24, 2.45) is 11.7 Å². The molecule has 0 aliphatic rings. The molecule has 0 aromatic heterocycles. The second-order valence-corrected chi connectivity index (χ2v) is 5.30. The van der Waals surface area contributed by atoms with Gasteiger partial charge in [-0.25, -0.2) is 0 Å². The Morgan fingerprint density at radius 2 is 2.00 bits per heavy atom. The van der Waals surface area contributed by atoms with Crippen LogP contribution in [0.3, 0.4) is 0 Å². The zero-order valence-electron chi connectivity index (χ0n) is 8.53. The van der Waals surface area contributed by atoms with Crippen LogP contribution in [0, 0.1) is 5.92 Å². The summed E-state index contributed by atoms with van der Waals surface area (Å²) in [5.41, 5.74) is 5.61. The third-order valence-electron chi connectivity index (χ3n) is 1.97. The third-order valence-corrected chi connectivity index (χ3v) is 3.96. The van der Waals surface area contributed by atoms with Crippen LogP contribution in [0.25, 0.3) is 0 Å². The highest BCUT2D eigenvalue weighted by Gasteiger charge is 2.07. The fraction of sp³-hybridized carbons (Fsp3) is 1.00. The molecule has 0 spiro atoms. The highest BCUT2D eigenvalue weighted by molar-refractivity contribution is 8.10. The first kappa shape index (κ1) is 16.4. The predicted molar refractivity (Wildman–Crippen MR) is 70.2 cm³/mol. The largest absolute Gasteiger partial charge is 0.330 e. The van der Waals surface area contributed by atoms with Gasteiger partial charge in [-0.05, 0) is 24.6 Å². The van der Waals surface area contributed by atoms with Gasteiger partial charge in [0.2, 0.25) is 0 Å². The molecule has 0 aromatic carbocycles. The maximum absolute atomic E-state index is 5.61. The number of hydrogen-bond donors (Lipinski definition) is 2. The summed E-state index contributed by atoms with van der Waals surface area (Å²) in [4.78, 5) is 0. The Bertz CT molecular complexity index is 99.6. The zero-order chi connectivity index (χ0) is 9.40. The molecular formula is C9H22ClNS2. The molecule has 0 bridgehead atoms. The van der Waals surface area contributed by atoms with Gasteiger partial charge in [0.1, 0.15) is 0 Å². The SMILES string of the molecule is CCCC(S)SCC(CC)CN.Cl. The van der Waals surface area contributed by atoms with Crippen molar-refractivity contribution in [3.63, 3.8) is 0 Å². The third kappa shape index (κ3) is 9.26. The van der Waals surface area contributed by atoms with Crippen LogP contribution in [0.5, 0.6) is 0 Å². The molecule has 0 saturated carbocycles. The predicted octanol–water partition coefficient (Wildman–Crippen LogP) is 3.18. The Kier molecular flexibility index (Phi) is 13.9. The fourth-order valence-corrected chi connectivity index (χ4v) is 2.71. The van der Waals surface area contributed by atoms with E-state index in [-0.39, 0.29) is 12.4 Å². The summed E-state index contributed by atoms with van der Waals surface area (Å²) < 4.78 is 0.510. The first-order valence-electron chi connectivity index (χ1n) is 4.74. The van der Waals surface area contributed by atoms with Gasteiger partial charge in [-0.2, -0.15) is 12.6 Å². The zero-order valence-corrected chi connectivity index (χ0v) is 11.1. The Labute approximate surface area is 98.4 Å². The van der Waals surface area contributed by atoms with E-state index in [4.69, 9.17) is 5.73 Å². The second-order valence-electron chi connectivity index (χ2n) is 3.09. The minimum atomic E-state index is 0. The van der Waals surface area contributed by atoms with Gasteiger partial charge < -0.3 is 5.73 Å². The monoisotopic (exact) mass is 243 g/mol. The van der Waals surface area contributed by atoms with E-state index in [0.29, 0.717) is 10.5 Å². The van der Waals surface area contributed by atoms with Crippen LogP contribution in [0.15, 0.2) is 0 Å². The van der Waals surface area contributed by atoms with Crippen molar-refractivity contribution in [2.45, 2.75) is 37.7 Å². The molecule has 0 aromatic rings. The Balaban J connectivity index is 0. The average Bonchev–Trinajstić information content (AvgIpc) is 2.07. The summed E-state index contributed by atoms with van der Waals surface area (Å²) in [6, 6.07) is 0. The number of rotatable bonds is 7. The van der Waals surface area contributed by atoms with Crippen molar-refractivity contribution < 1.29 is 0 Å². The summed E-state index contributed by atoms with van der Waals surface area (Å²) in [6.07, 6.45) is 3.62. The smallest absolute Gasteiger partial charge is 0.0472 e. The van der Waals surface area contributed by atoms with E-state index >= 15 is 0 Å². The molecule has 0 rings (SSSR count). The van der Waals surface area contributed by atoms with Crippen LogP contribution in [-0.2, 0) is 0 Å². The Hall–Kier alpha value is 0.950. The van der Waals surface area contributed by atoms with Gasteiger partial charge in [0, 0.05) is 4.58 Å². The number of thiol groups is 1. The van der Waals surface area contributed by atoms with Gasteiger partial charge in [-0.3, -0.25) is 0 Å². The summed E-state index contributed by atoms with van der Waals surface area (Å²) in [5, 5.41) is 0. The van der Waals surface area contributed by atoms with E-state index in [1.54, 1.807) is 0 Å². The molecule has 2 atom stereocenters. The van der Waals surface area contributed by atoms with Gasteiger partial charge in [-0.1, -0.05) is 26.7 Å².